The molecule has 0 radical (unpaired) electrons. The minimum atomic E-state index is 0.301. The number of piperazine rings is 1. The van der Waals surface area contributed by atoms with Crippen LogP contribution in [0.1, 0.15) is 49.2 Å². The van der Waals surface area contributed by atoms with Crippen molar-refractivity contribution in [2.45, 2.75) is 50.7 Å². The standard InChI is InChI=1S/C18H26N6OS/c1-12(2)16-20-15(25-22-16)11-23-7-9-24(10-8-23)17-13-5-4-6-14(13)19-18(21-17)26-3/h12H,4-11H2,1-3H3. The van der Waals surface area contributed by atoms with Gasteiger partial charge in [0, 0.05) is 37.7 Å². The van der Waals surface area contributed by atoms with Crippen LogP contribution in [0.5, 0.6) is 0 Å². The van der Waals surface area contributed by atoms with Gasteiger partial charge in [0.25, 0.3) is 0 Å². The summed E-state index contributed by atoms with van der Waals surface area (Å²) in [6, 6.07) is 0. The van der Waals surface area contributed by atoms with Gasteiger partial charge >= 0.3 is 0 Å². The summed E-state index contributed by atoms with van der Waals surface area (Å²) in [5, 5.41) is 4.96. The first-order valence-electron chi connectivity index (χ1n) is 9.37. The Morgan fingerprint density at radius 3 is 2.58 bits per heavy atom. The van der Waals surface area contributed by atoms with Crippen molar-refractivity contribution < 1.29 is 4.52 Å². The lowest BCUT2D eigenvalue weighted by Gasteiger charge is -2.35. The molecule has 0 bridgehead atoms. The molecule has 0 N–H and O–H groups in total. The van der Waals surface area contributed by atoms with E-state index in [1.807, 2.05) is 6.26 Å². The molecule has 2 aliphatic rings. The molecule has 4 rings (SSSR count). The Morgan fingerprint density at radius 1 is 1.08 bits per heavy atom. The van der Waals surface area contributed by atoms with Gasteiger partial charge in [-0.15, -0.1) is 0 Å². The van der Waals surface area contributed by atoms with Crippen LogP contribution in [-0.2, 0) is 19.4 Å². The molecule has 2 aromatic rings. The summed E-state index contributed by atoms with van der Waals surface area (Å²) >= 11 is 1.63. The van der Waals surface area contributed by atoms with Crippen molar-refractivity contribution in [1.29, 1.82) is 0 Å². The van der Waals surface area contributed by atoms with Crippen molar-refractivity contribution >= 4 is 17.6 Å². The SMILES string of the molecule is CSc1nc2c(c(N3CCN(Cc4nc(C(C)C)no4)CC3)n1)CCC2. The molecule has 0 spiro atoms. The average Bonchev–Trinajstić information content (AvgIpc) is 3.30. The zero-order valence-electron chi connectivity index (χ0n) is 15.7. The van der Waals surface area contributed by atoms with Gasteiger partial charge in [0.1, 0.15) is 5.82 Å². The van der Waals surface area contributed by atoms with Crippen molar-refractivity contribution in [2.24, 2.45) is 0 Å². The quantitative estimate of drug-likeness (QED) is 0.584. The van der Waals surface area contributed by atoms with Gasteiger partial charge in [-0.25, -0.2) is 9.97 Å². The zero-order valence-corrected chi connectivity index (χ0v) is 16.6. The van der Waals surface area contributed by atoms with Gasteiger partial charge in [-0.05, 0) is 25.5 Å². The first-order valence-corrected chi connectivity index (χ1v) is 10.6. The molecule has 1 fully saturated rings. The number of nitrogens with zero attached hydrogens (tertiary/aromatic N) is 6. The van der Waals surface area contributed by atoms with Gasteiger partial charge in [0.2, 0.25) is 5.89 Å². The van der Waals surface area contributed by atoms with Crippen LogP contribution < -0.4 is 4.90 Å². The van der Waals surface area contributed by atoms with Crippen LogP contribution in [-0.4, -0.2) is 57.4 Å². The summed E-state index contributed by atoms with van der Waals surface area (Å²) in [5.41, 5.74) is 2.63. The number of aryl methyl sites for hydroxylation is 1. The van der Waals surface area contributed by atoms with Crippen LogP contribution in [0.25, 0.3) is 0 Å². The van der Waals surface area contributed by atoms with Gasteiger partial charge in [-0.1, -0.05) is 30.8 Å². The maximum atomic E-state index is 5.39. The van der Waals surface area contributed by atoms with E-state index in [9.17, 15) is 0 Å². The Hall–Kier alpha value is -1.67. The number of anilines is 1. The van der Waals surface area contributed by atoms with Crippen molar-refractivity contribution in [3.63, 3.8) is 0 Å². The van der Waals surface area contributed by atoms with Gasteiger partial charge in [0.15, 0.2) is 11.0 Å². The minimum absolute atomic E-state index is 0.301. The van der Waals surface area contributed by atoms with Gasteiger partial charge in [-0.2, -0.15) is 4.98 Å². The Morgan fingerprint density at radius 2 is 1.88 bits per heavy atom. The van der Waals surface area contributed by atoms with Crippen molar-refractivity contribution in [2.75, 3.05) is 37.3 Å². The number of fused-ring (bicyclic) bond motifs is 1. The summed E-state index contributed by atoms with van der Waals surface area (Å²) in [4.78, 5) is 18.8. The summed E-state index contributed by atoms with van der Waals surface area (Å²) in [6.45, 7) is 8.79. The fourth-order valence-corrected chi connectivity index (χ4v) is 4.00. The van der Waals surface area contributed by atoms with E-state index in [2.05, 4.69) is 33.8 Å². The molecule has 0 unspecified atom stereocenters. The average molecular weight is 375 g/mol. The largest absolute Gasteiger partial charge is 0.354 e. The highest BCUT2D eigenvalue weighted by Crippen LogP contribution is 2.31. The Labute approximate surface area is 158 Å². The van der Waals surface area contributed by atoms with Crippen molar-refractivity contribution in [3.8, 4) is 0 Å². The van der Waals surface area contributed by atoms with Crippen molar-refractivity contribution in [3.05, 3.63) is 23.0 Å². The lowest BCUT2D eigenvalue weighted by Crippen LogP contribution is -2.46. The van der Waals surface area contributed by atoms with Gasteiger partial charge in [0.05, 0.1) is 12.2 Å². The fourth-order valence-electron chi connectivity index (χ4n) is 3.62. The molecule has 0 atom stereocenters. The Balaban J connectivity index is 1.41. The third-order valence-electron chi connectivity index (χ3n) is 5.10. The molecule has 1 saturated heterocycles. The number of hydrogen-bond donors (Lipinski definition) is 0. The smallest absolute Gasteiger partial charge is 0.240 e. The fraction of sp³-hybridized carbons (Fsp3) is 0.667. The molecule has 0 amide bonds. The number of aromatic nitrogens is 4. The predicted molar refractivity (Wildman–Crippen MR) is 102 cm³/mol. The highest BCUT2D eigenvalue weighted by Gasteiger charge is 2.26. The second-order valence-electron chi connectivity index (χ2n) is 7.28. The molecule has 7 nitrogen and oxygen atoms in total. The minimum Gasteiger partial charge on any atom is -0.354 e. The Bertz CT molecular complexity index is 769. The number of thioether (sulfide) groups is 1. The molecule has 0 saturated carbocycles. The number of hydrogen-bond acceptors (Lipinski definition) is 8. The molecular weight excluding hydrogens is 348 g/mol. The van der Waals surface area contributed by atoms with Crippen LogP contribution >= 0.6 is 11.8 Å². The normalized spacial score (nSPS) is 17.9. The second kappa shape index (κ2) is 7.52. The molecule has 1 aliphatic heterocycles. The molecule has 26 heavy (non-hydrogen) atoms. The first-order chi connectivity index (χ1) is 12.6. The monoisotopic (exact) mass is 374 g/mol. The Kier molecular flexibility index (Phi) is 5.13. The highest BCUT2D eigenvalue weighted by molar-refractivity contribution is 7.98. The van der Waals surface area contributed by atoms with Gasteiger partial charge < -0.3 is 9.42 Å². The molecule has 8 heteroatoms. The predicted octanol–water partition coefficient (Wildman–Crippen LogP) is 2.52. The zero-order chi connectivity index (χ0) is 18.1. The van der Waals surface area contributed by atoms with E-state index < -0.39 is 0 Å². The maximum Gasteiger partial charge on any atom is 0.240 e. The van der Waals surface area contributed by atoms with E-state index in [0.29, 0.717) is 5.92 Å². The molecule has 3 heterocycles. The van der Waals surface area contributed by atoms with Crippen LogP contribution in [0.4, 0.5) is 5.82 Å². The van der Waals surface area contributed by atoms with Crippen LogP contribution in [0.3, 0.4) is 0 Å². The molecule has 2 aromatic heterocycles. The number of rotatable bonds is 5. The third-order valence-corrected chi connectivity index (χ3v) is 5.65. The van der Waals surface area contributed by atoms with Crippen LogP contribution in [0.2, 0.25) is 0 Å². The summed E-state index contributed by atoms with van der Waals surface area (Å²) in [7, 11) is 0. The van der Waals surface area contributed by atoms with Crippen LogP contribution in [0, 0.1) is 0 Å². The highest BCUT2D eigenvalue weighted by atomic mass is 32.2. The summed E-state index contributed by atoms with van der Waals surface area (Å²) in [5.74, 6) is 2.97. The molecule has 0 aromatic carbocycles. The lowest BCUT2D eigenvalue weighted by atomic mass is 10.2. The van der Waals surface area contributed by atoms with E-state index in [0.717, 1.165) is 68.3 Å². The topological polar surface area (TPSA) is 71.2 Å². The molecular formula is C18H26N6OS. The molecule has 1 aliphatic carbocycles. The van der Waals surface area contributed by atoms with E-state index in [4.69, 9.17) is 14.5 Å². The van der Waals surface area contributed by atoms with Crippen molar-refractivity contribution in [1.82, 2.24) is 25.0 Å². The van der Waals surface area contributed by atoms with Gasteiger partial charge in [-0.3, -0.25) is 4.90 Å². The lowest BCUT2D eigenvalue weighted by molar-refractivity contribution is 0.214. The van der Waals surface area contributed by atoms with E-state index in [1.54, 1.807) is 11.8 Å². The molecule has 140 valence electrons. The van der Waals surface area contributed by atoms with E-state index >= 15 is 0 Å². The van der Waals surface area contributed by atoms with Crippen LogP contribution in [0.15, 0.2) is 9.68 Å². The third kappa shape index (κ3) is 3.57. The summed E-state index contributed by atoms with van der Waals surface area (Å²) < 4.78 is 5.39. The first kappa shape index (κ1) is 17.7. The summed E-state index contributed by atoms with van der Waals surface area (Å²) in [6.07, 6.45) is 5.45. The van der Waals surface area contributed by atoms with E-state index in [1.165, 1.54) is 17.7 Å². The maximum absolute atomic E-state index is 5.39. The van der Waals surface area contributed by atoms with E-state index in [-0.39, 0.29) is 0 Å². The second-order valence-corrected chi connectivity index (χ2v) is 8.05.